The summed E-state index contributed by atoms with van der Waals surface area (Å²) in [7, 11) is 0. The van der Waals surface area contributed by atoms with Gasteiger partial charge in [0.15, 0.2) is 6.29 Å². The van der Waals surface area contributed by atoms with Crippen molar-refractivity contribution in [2.45, 2.75) is 32.7 Å². The van der Waals surface area contributed by atoms with Gasteiger partial charge >= 0.3 is 0 Å². The van der Waals surface area contributed by atoms with Gasteiger partial charge < -0.3 is 10.6 Å². The number of nitrogens with one attached hydrogen (secondary N) is 4. The van der Waals surface area contributed by atoms with Crippen molar-refractivity contribution in [1.82, 2.24) is 25.8 Å². The molecule has 32 heavy (non-hydrogen) atoms. The number of nitrogens with zero attached hydrogens (tertiary/aromatic N) is 3. The summed E-state index contributed by atoms with van der Waals surface area (Å²) in [5, 5.41) is 17.9. The predicted octanol–water partition coefficient (Wildman–Crippen LogP) is 1.89. The Balaban J connectivity index is 1.36. The van der Waals surface area contributed by atoms with Crippen molar-refractivity contribution in [3.05, 3.63) is 64.0 Å². The number of carbonyl (C=O) groups is 2. The molecule has 2 aliphatic rings. The summed E-state index contributed by atoms with van der Waals surface area (Å²) in [4.78, 5) is 26.5. The van der Waals surface area contributed by atoms with Crippen molar-refractivity contribution in [2.24, 2.45) is 5.92 Å². The highest BCUT2D eigenvalue weighted by Gasteiger charge is 2.45. The number of hydrogen-bond acceptors (Lipinski definition) is 7. The van der Waals surface area contributed by atoms with Crippen LogP contribution in [0.5, 0.6) is 0 Å². The van der Waals surface area contributed by atoms with Crippen molar-refractivity contribution in [3.8, 4) is 0 Å². The molecule has 9 nitrogen and oxygen atoms in total. The van der Waals surface area contributed by atoms with E-state index in [4.69, 9.17) is 0 Å². The zero-order valence-electron chi connectivity index (χ0n) is 17.8. The Bertz CT molecular complexity index is 1130. The molecule has 2 fully saturated rings. The Morgan fingerprint density at radius 2 is 2.06 bits per heavy atom. The second-order valence-electron chi connectivity index (χ2n) is 8.12. The maximum atomic E-state index is 12.9. The third-order valence-corrected chi connectivity index (χ3v) is 6.56. The van der Waals surface area contributed by atoms with Crippen molar-refractivity contribution in [1.29, 1.82) is 0 Å². The number of anilines is 2. The molecule has 3 unspecified atom stereocenters. The summed E-state index contributed by atoms with van der Waals surface area (Å²) in [6, 6.07) is 13.8. The first-order chi connectivity index (χ1) is 15.5. The molecule has 10 heteroatoms. The first kappa shape index (κ1) is 20.7. The second kappa shape index (κ2) is 8.38. The van der Waals surface area contributed by atoms with Crippen molar-refractivity contribution < 1.29 is 9.59 Å². The standard InChI is InChI=1S/C22H25N7O2S/c1-13-5-7-15(8-6-13)28-20-17(12-23-28)21(31)26-22(25-20)29-18(10-14(2)27-29)24-19(30)11-16-4-3-9-32-16/h3-10,17,20,22-23,25H,11-12H2,1-2H3,(H,24,30)(H,26,31). The Kier molecular flexibility index (Phi) is 5.41. The van der Waals surface area contributed by atoms with Gasteiger partial charge in [-0.2, -0.15) is 5.10 Å². The fourth-order valence-electron chi connectivity index (χ4n) is 4.11. The molecule has 0 spiro atoms. The van der Waals surface area contributed by atoms with E-state index in [9.17, 15) is 9.59 Å². The Morgan fingerprint density at radius 1 is 1.25 bits per heavy atom. The van der Waals surface area contributed by atoms with Gasteiger partial charge in [0.1, 0.15) is 12.0 Å². The first-order valence-electron chi connectivity index (χ1n) is 10.5. The quantitative estimate of drug-likeness (QED) is 0.472. The summed E-state index contributed by atoms with van der Waals surface area (Å²) < 4.78 is 1.63. The third-order valence-electron chi connectivity index (χ3n) is 5.68. The molecule has 3 aromatic rings. The van der Waals surface area contributed by atoms with Gasteiger partial charge in [-0.3, -0.25) is 19.9 Å². The summed E-state index contributed by atoms with van der Waals surface area (Å²) in [5.74, 6) is 0.0940. The average Bonchev–Trinajstić information content (AvgIpc) is 3.49. The number of benzene rings is 1. The number of thiophene rings is 1. The van der Waals surface area contributed by atoms with Crippen LogP contribution >= 0.6 is 11.3 Å². The van der Waals surface area contributed by atoms with E-state index in [2.05, 4.69) is 26.5 Å². The molecule has 0 radical (unpaired) electrons. The number of carbonyl (C=O) groups excluding carboxylic acids is 2. The van der Waals surface area contributed by atoms with E-state index >= 15 is 0 Å². The number of aryl methyl sites for hydroxylation is 2. The van der Waals surface area contributed by atoms with Crippen LogP contribution in [0.2, 0.25) is 0 Å². The number of aromatic nitrogens is 2. The molecule has 4 heterocycles. The van der Waals surface area contributed by atoms with E-state index in [1.165, 1.54) is 5.56 Å². The number of fused-ring (bicyclic) bond motifs is 1. The van der Waals surface area contributed by atoms with Crippen LogP contribution in [0.15, 0.2) is 47.8 Å². The maximum absolute atomic E-state index is 12.9. The van der Waals surface area contributed by atoms with Crippen molar-refractivity contribution in [3.63, 3.8) is 0 Å². The Labute approximate surface area is 189 Å². The smallest absolute Gasteiger partial charge is 0.230 e. The molecule has 2 aliphatic heterocycles. The van der Waals surface area contributed by atoms with Crippen LogP contribution in [0.1, 0.15) is 22.4 Å². The lowest BCUT2D eigenvalue weighted by Gasteiger charge is -2.37. The molecule has 3 atom stereocenters. The van der Waals surface area contributed by atoms with Gasteiger partial charge in [0, 0.05) is 17.5 Å². The van der Waals surface area contributed by atoms with Crippen LogP contribution in [-0.2, 0) is 16.0 Å². The zero-order chi connectivity index (χ0) is 22.2. The molecule has 2 amide bonds. The maximum Gasteiger partial charge on any atom is 0.230 e. The summed E-state index contributed by atoms with van der Waals surface area (Å²) >= 11 is 1.54. The van der Waals surface area contributed by atoms with E-state index in [0.29, 0.717) is 18.8 Å². The summed E-state index contributed by atoms with van der Waals surface area (Å²) in [5.41, 5.74) is 6.22. The molecule has 166 valence electrons. The SMILES string of the molecule is Cc1ccc(N2NCC3C(=O)NC(n4nc(C)cc4NC(=O)Cc4cccs4)NC32)cc1. The van der Waals surface area contributed by atoms with Crippen LogP contribution in [-0.4, -0.2) is 34.3 Å². The van der Waals surface area contributed by atoms with Gasteiger partial charge in [0.2, 0.25) is 11.8 Å². The van der Waals surface area contributed by atoms with E-state index in [1.54, 1.807) is 22.1 Å². The van der Waals surface area contributed by atoms with Crippen LogP contribution < -0.4 is 26.4 Å². The van der Waals surface area contributed by atoms with Gasteiger partial charge in [-0.15, -0.1) is 11.3 Å². The highest BCUT2D eigenvalue weighted by atomic mass is 32.1. The van der Waals surface area contributed by atoms with Crippen LogP contribution in [0.25, 0.3) is 0 Å². The van der Waals surface area contributed by atoms with Gasteiger partial charge in [0.05, 0.1) is 23.7 Å². The zero-order valence-corrected chi connectivity index (χ0v) is 18.6. The number of hydrazine groups is 1. The topological polar surface area (TPSA) is 103 Å². The second-order valence-corrected chi connectivity index (χ2v) is 9.15. The lowest BCUT2D eigenvalue weighted by atomic mass is 10.0. The molecule has 2 aromatic heterocycles. The van der Waals surface area contributed by atoms with E-state index in [-0.39, 0.29) is 23.9 Å². The van der Waals surface area contributed by atoms with Crippen LogP contribution in [0.3, 0.4) is 0 Å². The summed E-state index contributed by atoms with van der Waals surface area (Å²) in [6.45, 7) is 4.43. The normalized spacial score (nSPS) is 22.5. The highest BCUT2D eigenvalue weighted by Crippen LogP contribution is 2.28. The van der Waals surface area contributed by atoms with E-state index < -0.39 is 6.29 Å². The number of amides is 2. The number of hydrogen-bond donors (Lipinski definition) is 4. The van der Waals surface area contributed by atoms with Gasteiger partial charge in [-0.1, -0.05) is 23.8 Å². The molecule has 0 saturated carbocycles. The largest absolute Gasteiger partial charge is 0.321 e. The lowest BCUT2D eigenvalue weighted by Crippen LogP contribution is -2.61. The fourth-order valence-corrected chi connectivity index (χ4v) is 4.82. The predicted molar refractivity (Wildman–Crippen MR) is 123 cm³/mol. The average molecular weight is 452 g/mol. The van der Waals surface area contributed by atoms with Crippen LogP contribution in [0.4, 0.5) is 11.5 Å². The van der Waals surface area contributed by atoms with Crippen molar-refractivity contribution >= 4 is 34.7 Å². The molecule has 1 aromatic carbocycles. The first-order valence-corrected chi connectivity index (χ1v) is 11.4. The number of rotatable bonds is 5. The third kappa shape index (κ3) is 3.99. The Morgan fingerprint density at radius 3 is 2.81 bits per heavy atom. The minimum absolute atomic E-state index is 0.0649. The van der Waals surface area contributed by atoms with Gasteiger partial charge in [-0.05, 0) is 37.4 Å². The monoisotopic (exact) mass is 451 g/mol. The van der Waals surface area contributed by atoms with E-state index in [0.717, 1.165) is 16.3 Å². The van der Waals surface area contributed by atoms with Gasteiger partial charge in [0.25, 0.3) is 0 Å². The summed E-state index contributed by atoms with van der Waals surface area (Å²) in [6.07, 6.45) is -0.555. The molecular formula is C22H25N7O2S. The molecular weight excluding hydrogens is 426 g/mol. The molecule has 0 aliphatic carbocycles. The molecule has 0 bridgehead atoms. The van der Waals surface area contributed by atoms with E-state index in [1.807, 2.05) is 60.6 Å². The molecule has 4 N–H and O–H groups in total. The lowest BCUT2D eigenvalue weighted by molar-refractivity contribution is -0.129. The molecule has 5 rings (SSSR count). The minimum atomic E-state index is -0.595. The molecule has 2 saturated heterocycles. The minimum Gasteiger partial charge on any atom is -0.321 e. The highest BCUT2D eigenvalue weighted by molar-refractivity contribution is 7.10. The van der Waals surface area contributed by atoms with Crippen molar-refractivity contribution in [2.75, 3.05) is 16.9 Å². The van der Waals surface area contributed by atoms with Gasteiger partial charge in [-0.25, -0.2) is 10.1 Å². The fraction of sp³-hybridized carbons (Fsp3) is 0.318. The Hall–Kier alpha value is -3.21. The van der Waals surface area contributed by atoms with Crippen LogP contribution in [0, 0.1) is 19.8 Å².